The summed E-state index contributed by atoms with van der Waals surface area (Å²) in [5, 5.41) is -1.24. The van der Waals surface area contributed by atoms with Crippen LogP contribution in [0.5, 0.6) is 0 Å². The fourth-order valence-electron chi connectivity index (χ4n) is 1.12. The van der Waals surface area contributed by atoms with Gasteiger partial charge in [-0.15, -0.1) is 0 Å². The van der Waals surface area contributed by atoms with Crippen molar-refractivity contribution >= 4 is 69.0 Å². The summed E-state index contributed by atoms with van der Waals surface area (Å²) in [4.78, 5) is 9.11. The maximum Gasteiger partial charge on any atom is 0.263 e. The van der Waals surface area contributed by atoms with Crippen molar-refractivity contribution in [2.75, 3.05) is 0 Å². The lowest BCUT2D eigenvalue weighted by molar-refractivity contribution is 0.112. The Morgan fingerprint density at radius 2 is 1.50 bits per heavy atom. The van der Waals surface area contributed by atoms with Gasteiger partial charge in [-0.2, -0.15) is 0 Å². The molecule has 0 N–H and O–H groups in total. The van der Waals surface area contributed by atoms with Gasteiger partial charge in [0.15, 0.2) is 6.29 Å². The van der Waals surface area contributed by atoms with Crippen LogP contribution in [0.4, 0.5) is 0 Å². The quantitative estimate of drug-likeness (QED) is 0.602. The fourth-order valence-corrected chi connectivity index (χ4v) is 4.72. The van der Waals surface area contributed by atoms with Gasteiger partial charge in [-0.1, -0.05) is 23.2 Å². The third kappa shape index (κ3) is 3.09. The van der Waals surface area contributed by atoms with Gasteiger partial charge < -0.3 is 0 Å². The van der Waals surface area contributed by atoms with Crippen LogP contribution in [0.25, 0.3) is 0 Å². The lowest BCUT2D eigenvalue weighted by Gasteiger charge is -2.09. The second kappa shape index (κ2) is 5.15. The van der Waals surface area contributed by atoms with Crippen molar-refractivity contribution in [1.82, 2.24) is 0 Å². The average Bonchev–Trinajstić information content (AvgIpc) is 2.16. The van der Waals surface area contributed by atoms with Crippen LogP contribution in [0.15, 0.2) is 15.9 Å². The van der Waals surface area contributed by atoms with Gasteiger partial charge in [0.05, 0.1) is 15.6 Å². The Kier molecular flexibility index (Phi) is 4.58. The van der Waals surface area contributed by atoms with E-state index in [-0.39, 0.29) is 6.29 Å². The number of carbonyl (C=O) groups excluding carboxylic acids is 1. The molecule has 11 heteroatoms. The molecule has 0 spiro atoms. The van der Waals surface area contributed by atoms with Crippen molar-refractivity contribution < 1.29 is 21.6 Å². The number of carbonyl (C=O) groups is 1. The van der Waals surface area contributed by atoms with E-state index in [1.165, 1.54) is 0 Å². The van der Waals surface area contributed by atoms with Crippen molar-refractivity contribution in [2.24, 2.45) is 0 Å². The molecule has 0 amide bonds. The molecule has 18 heavy (non-hydrogen) atoms. The standard InChI is InChI=1S/C7H2Cl4O5S2/c8-4-1-5(17(10,13)14)6(9)7(3(4)2-12)18(11,15)16/h1-2H. The van der Waals surface area contributed by atoms with Crippen molar-refractivity contribution in [3.05, 3.63) is 21.7 Å². The van der Waals surface area contributed by atoms with Crippen molar-refractivity contribution in [3.8, 4) is 0 Å². The molecule has 0 heterocycles. The van der Waals surface area contributed by atoms with Gasteiger partial charge in [-0.3, -0.25) is 4.79 Å². The predicted octanol–water partition coefficient (Wildman–Crippen LogP) is 2.66. The summed E-state index contributed by atoms with van der Waals surface area (Å²) in [6.07, 6.45) is 0.0914. The Bertz CT molecular complexity index is 723. The topological polar surface area (TPSA) is 85.3 Å². The summed E-state index contributed by atoms with van der Waals surface area (Å²) < 4.78 is 44.9. The summed E-state index contributed by atoms with van der Waals surface area (Å²) in [6.45, 7) is 0. The first kappa shape index (κ1) is 16.0. The molecular formula is C7H2Cl4O5S2. The number of rotatable bonds is 3. The molecule has 0 saturated heterocycles. The molecule has 0 aliphatic carbocycles. The number of benzene rings is 1. The molecule has 1 aromatic carbocycles. The zero-order valence-electron chi connectivity index (χ0n) is 8.02. The first-order valence-corrected chi connectivity index (χ1v) is 9.24. The van der Waals surface area contributed by atoms with E-state index in [1.807, 2.05) is 0 Å². The molecule has 0 saturated carbocycles. The van der Waals surface area contributed by atoms with Gasteiger partial charge >= 0.3 is 0 Å². The lowest BCUT2D eigenvalue weighted by Crippen LogP contribution is -2.04. The van der Waals surface area contributed by atoms with Gasteiger partial charge in [0.1, 0.15) is 9.79 Å². The highest BCUT2D eigenvalue weighted by Gasteiger charge is 2.29. The smallest absolute Gasteiger partial charge is 0.263 e. The zero-order chi connectivity index (χ0) is 14.3. The van der Waals surface area contributed by atoms with Crippen LogP contribution in [0.2, 0.25) is 10.0 Å². The third-order valence-corrected chi connectivity index (χ3v) is 5.45. The molecular weight excluding hydrogens is 370 g/mol. The monoisotopic (exact) mass is 370 g/mol. The van der Waals surface area contributed by atoms with E-state index in [1.54, 1.807) is 0 Å². The molecule has 0 atom stereocenters. The van der Waals surface area contributed by atoms with Crippen LogP contribution in [0.3, 0.4) is 0 Å². The van der Waals surface area contributed by atoms with E-state index in [2.05, 4.69) is 0 Å². The Morgan fingerprint density at radius 1 is 1.00 bits per heavy atom. The number of aldehydes is 1. The first-order valence-electron chi connectivity index (χ1n) is 3.86. The Balaban J connectivity index is 4.01. The van der Waals surface area contributed by atoms with Gasteiger partial charge in [-0.05, 0) is 6.07 Å². The highest BCUT2D eigenvalue weighted by Crippen LogP contribution is 2.38. The molecule has 0 bridgehead atoms. The Morgan fingerprint density at radius 3 is 1.83 bits per heavy atom. The number of hydrogen-bond donors (Lipinski definition) is 0. The number of halogens is 4. The lowest BCUT2D eigenvalue weighted by atomic mass is 10.2. The van der Waals surface area contributed by atoms with Crippen LogP contribution < -0.4 is 0 Å². The molecule has 5 nitrogen and oxygen atoms in total. The summed E-state index contributed by atoms with van der Waals surface area (Å²) in [5.41, 5.74) is -0.541. The summed E-state index contributed by atoms with van der Waals surface area (Å²) in [5.74, 6) is 0. The summed E-state index contributed by atoms with van der Waals surface area (Å²) in [6, 6.07) is 0.765. The average molecular weight is 372 g/mol. The predicted molar refractivity (Wildman–Crippen MR) is 67.9 cm³/mol. The minimum absolute atomic E-state index is 0.0914. The van der Waals surface area contributed by atoms with Crippen molar-refractivity contribution in [1.29, 1.82) is 0 Å². The summed E-state index contributed by atoms with van der Waals surface area (Å²) >= 11 is 11.2. The molecule has 0 unspecified atom stereocenters. The molecule has 100 valence electrons. The van der Waals surface area contributed by atoms with E-state index in [0.717, 1.165) is 6.07 Å². The first-order chi connectivity index (χ1) is 8.00. The van der Waals surface area contributed by atoms with Gasteiger partial charge in [0.25, 0.3) is 18.1 Å². The number of hydrogen-bond acceptors (Lipinski definition) is 5. The van der Waals surface area contributed by atoms with Crippen LogP contribution in [0, 0.1) is 0 Å². The van der Waals surface area contributed by atoms with Crippen LogP contribution in [-0.4, -0.2) is 23.1 Å². The van der Waals surface area contributed by atoms with E-state index in [4.69, 9.17) is 44.6 Å². The van der Waals surface area contributed by atoms with Crippen LogP contribution in [0.1, 0.15) is 10.4 Å². The third-order valence-electron chi connectivity index (χ3n) is 1.80. The molecule has 0 fully saturated rings. The van der Waals surface area contributed by atoms with Gasteiger partial charge in [0.2, 0.25) is 0 Å². The van der Waals surface area contributed by atoms with E-state index < -0.39 is 43.5 Å². The highest BCUT2D eigenvalue weighted by atomic mass is 35.7. The molecule has 0 radical (unpaired) electrons. The molecule has 1 rings (SSSR count). The second-order valence-corrected chi connectivity index (χ2v) is 8.73. The fraction of sp³-hybridized carbons (Fsp3) is 0. The summed E-state index contributed by atoms with van der Waals surface area (Å²) in [7, 11) is 1.30. The molecule has 0 aliphatic rings. The Hall–Kier alpha value is -0.0500. The molecule has 0 aromatic heterocycles. The minimum atomic E-state index is -4.48. The molecule has 1 aromatic rings. The van der Waals surface area contributed by atoms with Crippen LogP contribution >= 0.6 is 44.6 Å². The van der Waals surface area contributed by atoms with Crippen LogP contribution in [-0.2, 0) is 18.1 Å². The van der Waals surface area contributed by atoms with E-state index in [0.29, 0.717) is 0 Å². The normalized spacial score (nSPS) is 12.4. The maximum absolute atomic E-state index is 11.3. The highest BCUT2D eigenvalue weighted by molar-refractivity contribution is 8.14. The Labute approximate surface area is 121 Å². The zero-order valence-corrected chi connectivity index (χ0v) is 12.7. The second-order valence-electron chi connectivity index (χ2n) is 2.91. The minimum Gasteiger partial charge on any atom is -0.298 e. The largest absolute Gasteiger partial charge is 0.298 e. The van der Waals surface area contributed by atoms with Crippen molar-refractivity contribution in [3.63, 3.8) is 0 Å². The van der Waals surface area contributed by atoms with Gasteiger partial charge in [0, 0.05) is 21.4 Å². The van der Waals surface area contributed by atoms with Gasteiger partial charge in [-0.25, -0.2) is 16.8 Å². The van der Waals surface area contributed by atoms with E-state index >= 15 is 0 Å². The van der Waals surface area contributed by atoms with Crippen molar-refractivity contribution in [2.45, 2.75) is 9.79 Å². The molecule has 0 aliphatic heterocycles. The SMILES string of the molecule is O=Cc1c(Cl)cc(S(=O)(=O)Cl)c(Cl)c1S(=O)(=O)Cl. The maximum atomic E-state index is 11.3. The van der Waals surface area contributed by atoms with E-state index in [9.17, 15) is 21.6 Å².